The van der Waals surface area contributed by atoms with Crippen LogP contribution in [0.5, 0.6) is 0 Å². The van der Waals surface area contributed by atoms with Gasteiger partial charge in [-0.05, 0) is 18.2 Å². The zero-order valence-corrected chi connectivity index (χ0v) is 11.2. The molecule has 0 heterocycles. The largest absolute Gasteiger partial charge is 0.377 e. The summed E-state index contributed by atoms with van der Waals surface area (Å²) in [6.07, 6.45) is 0. The first-order chi connectivity index (χ1) is 7.84. The first kappa shape index (κ1) is 13.5. The molecule has 1 rings (SSSR count). The lowest BCUT2D eigenvalue weighted by Gasteiger charge is -2.16. The number of anilines is 1. The third-order valence-corrected chi connectivity index (χ3v) is 3.06. The van der Waals surface area contributed by atoms with Crippen molar-refractivity contribution in [3.8, 4) is 0 Å². The van der Waals surface area contributed by atoms with Crippen molar-refractivity contribution in [2.45, 2.75) is 4.90 Å². The van der Waals surface area contributed by atoms with Crippen molar-refractivity contribution in [2.75, 3.05) is 33.1 Å². The number of hydrogen-bond donors (Lipinski definition) is 1. The average molecular weight is 256 g/mol. The third kappa shape index (κ3) is 2.97. The molecule has 1 aromatic carbocycles. The molecule has 0 fully saturated rings. The van der Waals surface area contributed by atoms with Crippen molar-refractivity contribution < 1.29 is 13.2 Å². The van der Waals surface area contributed by atoms with Gasteiger partial charge in [0.15, 0.2) is 10.7 Å². The summed E-state index contributed by atoms with van der Waals surface area (Å²) in [5.74, 6) is -0.214. The topological polar surface area (TPSA) is 57.7 Å². The molecule has 0 aliphatic carbocycles. The van der Waals surface area contributed by atoms with E-state index in [1.54, 1.807) is 45.2 Å². The normalized spacial score (nSPS) is 10.4. The SMILES string of the molecule is CN(C)C(=O)c1ccc(N(C)C)c([SH](=O)=O)c1. The van der Waals surface area contributed by atoms with Crippen LogP contribution in [0, 0.1) is 0 Å². The fourth-order valence-electron chi connectivity index (χ4n) is 1.44. The van der Waals surface area contributed by atoms with Crippen molar-refractivity contribution in [1.82, 2.24) is 4.90 Å². The Kier molecular flexibility index (Phi) is 4.11. The Morgan fingerprint density at radius 3 is 2.12 bits per heavy atom. The van der Waals surface area contributed by atoms with Gasteiger partial charge < -0.3 is 9.80 Å². The Morgan fingerprint density at radius 1 is 1.12 bits per heavy atom. The first-order valence-electron chi connectivity index (χ1n) is 5.02. The summed E-state index contributed by atoms with van der Waals surface area (Å²) in [5.41, 5.74) is 0.950. The Balaban J connectivity index is 3.33. The van der Waals surface area contributed by atoms with E-state index in [1.165, 1.54) is 11.0 Å². The number of rotatable bonds is 3. The molecular formula is C11H16N2O3S. The second-order valence-electron chi connectivity index (χ2n) is 4.05. The molecule has 0 N–H and O–H groups in total. The molecule has 0 radical (unpaired) electrons. The number of carbonyl (C=O) groups is 1. The van der Waals surface area contributed by atoms with Crippen molar-refractivity contribution in [1.29, 1.82) is 0 Å². The molecule has 0 aliphatic heterocycles. The van der Waals surface area contributed by atoms with Gasteiger partial charge in [-0.3, -0.25) is 4.79 Å². The van der Waals surface area contributed by atoms with Crippen LogP contribution in [0.4, 0.5) is 5.69 Å². The van der Waals surface area contributed by atoms with Crippen molar-refractivity contribution in [2.24, 2.45) is 0 Å². The molecule has 5 nitrogen and oxygen atoms in total. The number of nitrogens with zero attached hydrogens (tertiary/aromatic N) is 2. The molecule has 0 unspecified atom stereocenters. The van der Waals surface area contributed by atoms with Gasteiger partial charge in [-0.25, -0.2) is 8.42 Å². The predicted octanol–water partition coefficient (Wildman–Crippen LogP) is 0.425. The number of carbonyl (C=O) groups excluding carboxylic acids is 1. The van der Waals surface area contributed by atoms with E-state index in [0.717, 1.165) is 0 Å². The second kappa shape index (κ2) is 5.18. The van der Waals surface area contributed by atoms with Crippen LogP contribution in [0.2, 0.25) is 0 Å². The van der Waals surface area contributed by atoms with Crippen molar-refractivity contribution in [3.63, 3.8) is 0 Å². The molecular weight excluding hydrogens is 240 g/mol. The smallest absolute Gasteiger partial charge is 0.253 e. The minimum absolute atomic E-state index is 0.165. The van der Waals surface area contributed by atoms with Gasteiger partial charge in [0.2, 0.25) is 0 Å². The maximum atomic E-state index is 11.7. The van der Waals surface area contributed by atoms with Crippen LogP contribution in [0.1, 0.15) is 10.4 Å². The van der Waals surface area contributed by atoms with Crippen LogP contribution in [0.15, 0.2) is 23.1 Å². The second-order valence-corrected chi connectivity index (χ2v) is 5.05. The zero-order chi connectivity index (χ0) is 13.2. The highest BCUT2D eigenvalue weighted by atomic mass is 32.2. The third-order valence-electron chi connectivity index (χ3n) is 2.31. The molecule has 17 heavy (non-hydrogen) atoms. The predicted molar refractivity (Wildman–Crippen MR) is 67.4 cm³/mol. The highest BCUT2D eigenvalue weighted by Crippen LogP contribution is 2.22. The van der Waals surface area contributed by atoms with Crippen molar-refractivity contribution >= 4 is 22.3 Å². The van der Waals surface area contributed by atoms with E-state index in [1.807, 2.05) is 0 Å². The van der Waals surface area contributed by atoms with Gasteiger partial charge in [-0.1, -0.05) is 0 Å². The Bertz CT molecular complexity index is 499. The summed E-state index contributed by atoms with van der Waals surface area (Å²) in [7, 11) is 4.04. The maximum absolute atomic E-state index is 11.7. The Labute approximate surface area is 103 Å². The molecule has 94 valence electrons. The average Bonchev–Trinajstić information content (AvgIpc) is 2.26. The van der Waals surface area contributed by atoms with Gasteiger partial charge in [0.05, 0.1) is 10.6 Å². The summed E-state index contributed by atoms with van der Waals surface area (Å²) in [6, 6.07) is 4.67. The summed E-state index contributed by atoms with van der Waals surface area (Å²) < 4.78 is 22.3. The van der Waals surface area contributed by atoms with Gasteiger partial charge in [0, 0.05) is 33.8 Å². The molecule has 0 bridgehead atoms. The number of benzene rings is 1. The lowest BCUT2D eigenvalue weighted by Crippen LogP contribution is -2.22. The Hall–Kier alpha value is -1.56. The van der Waals surface area contributed by atoms with E-state index in [0.29, 0.717) is 11.3 Å². The molecule has 1 amide bonds. The van der Waals surface area contributed by atoms with Crippen LogP contribution in [-0.4, -0.2) is 47.4 Å². The molecule has 0 aliphatic rings. The van der Waals surface area contributed by atoms with Crippen LogP contribution in [-0.2, 0) is 10.7 Å². The summed E-state index contributed by atoms with van der Waals surface area (Å²) >= 11 is 0. The summed E-state index contributed by atoms with van der Waals surface area (Å²) in [6.45, 7) is 0. The van der Waals surface area contributed by atoms with Gasteiger partial charge in [0.1, 0.15) is 0 Å². The standard InChI is InChI=1S/C11H16N2O3S/c1-12(2)9-6-5-8(11(14)13(3)4)7-10(9)17(15)16/h5-7,17H,1-4H3. The molecule has 0 saturated heterocycles. The molecule has 1 aromatic rings. The van der Waals surface area contributed by atoms with E-state index in [2.05, 4.69) is 0 Å². The Morgan fingerprint density at radius 2 is 1.71 bits per heavy atom. The van der Waals surface area contributed by atoms with E-state index in [-0.39, 0.29) is 10.8 Å². The summed E-state index contributed by atoms with van der Waals surface area (Å²) in [5, 5.41) is 0. The van der Waals surface area contributed by atoms with E-state index in [4.69, 9.17) is 0 Å². The van der Waals surface area contributed by atoms with Crippen molar-refractivity contribution in [3.05, 3.63) is 23.8 Å². The van der Waals surface area contributed by atoms with Gasteiger partial charge >= 0.3 is 0 Å². The number of amides is 1. The molecule has 0 aromatic heterocycles. The highest BCUT2D eigenvalue weighted by molar-refractivity contribution is 7.72. The van der Waals surface area contributed by atoms with E-state index < -0.39 is 10.7 Å². The van der Waals surface area contributed by atoms with E-state index in [9.17, 15) is 13.2 Å². The monoisotopic (exact) mass is 256 g/mol. The number of thiol groups is 1. The fraction of sp³-hybridized carbons (Fsp3) is 0.364. The van der Waals surface area contributed by atoms with Crippen LogP contribution < -0.4 is 4.90 Å². The molecule has 6 heteroatoms. The first-order valence-corrected chi connectivity index (χ1v) is 6.19. The van der Waals surface area contributed by atoms with Gasteiger partial charge in [-0.2, -0.15) is 0 Å². The van der Waals surface area contributed by atoms with Crippen LogP contribution in [0.25, 0.3) is 0 Å². The molecule has 0 spiro atoms. The lowest BCUT2D eigenvalue weighted by molar-refractivity contribution is 0.0827. The minimum atomic E-state index is -2.72. The minimum Gasteiger partial charge on any atom is -0.377 e. The van der Waals surface area contributed by atoms with Gasteiger partial charge in [-0.15, -0.1) is 0 Å². The number of hydrogen-bond acceptors (Lipinski definition) is 4. The van der Waals surface area contributed by atoms with Gasteiger partial charge in [0.25, 0.3) is 5.91 Å². The molecule has 0 saturated carbocycles. The fourth-order valence-corrected chi connectivity index (χ4v) is 2.15. The molecule has 0 atom stereocenters. The highest BCUT2D eigenvalue weighted by Gasteiger charge is 2.13. The van der Waals surface area contributed by atoms with Crippen LogP contribution >= 0.6 is 0 Å². The van der Waals surface area contributed by atoms with E-state index >= 15 is 0 Å². The maximum Gasteiger partial charge on any atom is 0.253 e. The van der Waals surface area contributed by atoms with Crippen LogP contribution in [0.3, 0.4) is 0 Å². The quantitative estimate of drug-likeness (QED) is 0.797. The summed E-state index contributed by atoms with van der Waals surface area (Å²) in [4.78, 5) is 15.0. The lowest BCUT2D eigenvalue weighted by atomic mass is 10.2. The zero-order valence-electron chi connectivity index (χ0n) is 10.3.